The summed E-state index contributed by atoms with van der Waals surface area (Å²) < 4.78 is 31.6. The van der Waals surface area contributed by atoms with Crippen molar-refractivity contribution < 1.29 is 17.9 Å². The zero-order valence-electron chi connectivity index (χ0n) is 15.1. The quantitative estimate of drug-likeness (QED) is 0.359. The number of methoxy groups -OCH3 is 1. The van der Waals surface area contributed by atoms with Crippen molar-refractivity contribution in [3.63, 3.8) is 0 Å². The van der Waals surface area contributed by atoms with E-state index in [1.807, 2.05) is 24.3 Å². The number of hydrogen-bond donors (Lipinski definition) is 1. The number of rotatable bonds is 7. The van der Waals surface area contributed by atoms with Gasteiger partial charge < -0.3 is 4.74 Å². The smallest absolute Gasteiger partial charge is 0.260 e. The number of nitrogens with zero attached hydrogens (tertiary/aromatic N) is 2. The molecule has 0 aliphatic heterocycles. The Morgan fingerprint density at radius 1 is 1.22 bits per heavy atom. The standard InChI is InChI=1S/C18H20IN3O4S/c1-13(14-7-6-8-15(19)11-14)20-21-18(23)12-22(27(3,24)25)16-9-4-5-10-17(16)26-2/h4-11H,12H2,1-3H3,(H,21,23)/b20-13-. The molecule has 0 aliphatic rings. The molecule has 0 radical (unpaired) electrons. The minimum Gasteiger partial charge on any atom is -0.495 e. The van der Waals surface area contributed by atoms with Crippen LogP contribution in [0.15, 0.2) is 53.6 Å². The van der Waals surface area contributed by atoms with Crippen molar-refractivity contribution in [2.75, 3.05) is 24.2 Å². The number of hydrazone groups is 1. The minimum absolute atomic E-state index is 0.288. The van der Waals surface area contributed by atoms with Gasteiger partial charge in [0.2, 0.25) is 10.0 Å². The average Bonchev–Trinajstić information content (AvgIpc) is 2.63. The first-order valence-electron chi connectivity index (χ1n) is 7.92. The number of amides is 1. The molecule has 0 heterocycles. The van der Waals surface area contributed by atoms with E-state index >= 15 is 0 Å². The van der Waals surface area contributed by atoms with Crippen LogP contribution in [0.5, 0.6) is 5.75 Å². The Morgan fingerprint density at radius 2 is 1.93 bits per heavy atom. The van der Waals surface area contributed by atoms with Crippen LogP contribution in [0, 0.1) is 3.57 Å². The highest BCUT2D eigenvalue weighted by Crippen LogP contribution is 2.29. The van der Waals surface area contributed by atoms with E-state index in [1.54, 1.807) is 31.2 Å². The maximum atomic E-state index is 12.3. The van der Waals surface area contributed by atoms with Crippen molar-refractivity contribution in [2.24, 2.45) is 5.10 Å². The van der Waals surface area contributed by atoms with Crippen molar-refractivity contribution in [1.29, 1.82) is 0 Å². The summed E-state index contributed by atoms with van der Waals surface area (Å²) in [4.78, 5) is 12.3. The Bertz CT molecular complexity index is 961. The summed E-state index contributed by atoms with van der Waals surface area (Å²) >= 11 is 2.19. The van der Waals surface area contributed by atoms with Gasteiger partial charge in [-0.25, -0.2) is 13.8 Å². The highest BCUT2D eigenvalue weighted by molar-refractivity contribution is 14.1. The van der Waals surface area contributed by atoms with Crippen LogP contribution in [0.3, 0.4) is 0 Å². The van der Waals surface area contributed by atoms with Gasteiger partial charge in [0.25, 0.3) is 5.91 Å². The highest BCUT2D eigenvalue weighted by atomic mass is 127. The largest absolute Gasteiger partial charge is 0.495 e. The van der Waals surface area contributed by atoms with Gasteiger partial charge in [-0.15, -0.1) is 0 Å². The van der Waals surface area contributed by atoms with Gasteiger partial charge in [0, 0.05) is 3.57 Å². The summed E-state index contributed by atoms with van der Waals surface area (Å²) in [6.07, 6.45) is 1.03. The second-order valence-electron chi connectivity index (χ2n) is 5.68. The Hall–Kier alpha value is -2.14. The molecule has 0 saturated heterocycles. The molecular formula is C18H20IN3O4S. The van der Waals surface area contributed by atoms with Gasteiger partial charge in [-0.2, -0.15) is 5.10 Å². The number of carbonyl (C=O) groups excluding carboxylic acids is 1. The summed E-state index contributed by atoms with van der Waals surface area (Å²) in [7, 11) is -2.26. The van der Waals surface area contributed by atoms with Gasteiger partial charge in [0.05, 0.1) is 24.8 Å². The van der Waals surface area contributed by atoms with Crippen LogP contribution in [-0.2, 0) is 14.8 Å². The van der Waals surface area contributed by atoms with Gasteiger partial charge >= 0.3 is 0 Å². The summed E-state index contributed by atoms with van der Waals surface area (Å²) in [5.74, 6) is -0.203. The molecule has 0 saturated carbocycles. The number of anilines is 1. The monoisotopic (exact) mass is 501 g/mol. The van der Waals surface area contributed by atoms with E-state index in [1.165, 1.54) is 7.11 Å². The van der Waals surface area contributed by atoms with Gasteiger partial charge in [0.1, 0.15) is 12.3 Å². The number of nitrogens with one attached hydrogen (secondary N) is 1. The first kappa shape index (κ1) is 21.2. The van der Waals surface area contributed by atoms with Gasteiger partial charge in [-0.1, -0.05) is 24.3 Å². The number of sulfonamides is 1. The van der Waals surface area contributed by atoms with Crippen LogP contribution in [0.1, 0.15) is 12.5 Å². The summed E-state index contributed by atoms with van der Waals surface area (Å²) in [6, 6.07) is 14.3. The lowest BCUT2D eigenvalue weighted by atomic mass is 10.1. The van der Waals surface area contributed by atoms with Gasteiger partial charge in [-0.05, 0) is 59.3 Å². The fourth-order valence-electron chi connectivity index (χ4n) is 2.31. The van der Waals surface area contributed by atoms with E-state index in [4.69, 9.17) is 4.74 Å². The number of hydrogen-bond acceptors (Lipinski definition) is 5. The molecule has 1 N–H and O–H groups in total. The Labute approximate surface area is 172 Å². The maximum absolute atomic E-state index is 12.3. The zero-order valence-corrected chi connectivity index (χ0v) is 18.1. The fraction of sp³-hybridized carbons (Fsp3) is 0.222. The number of benzene rings is 2. The molecule has 2 aromatic rings. The Kier molecular flexibility index (Phi) is 7.19. The van der Waals surface area contributed by atoms with Crippen LogP contribution in [0.2, 0.25) is 0 Å². The molecule has 2 rings (SSSR count). The van der Waals surface area contributed by atoms with Crippen LogP contribution < -0.4 is 14.5 Å². The molecule has 0 spiro atoms. The summed E-state index contributed by atoms with van der Waals surface area (Å²) in [5, 5.41) is 4.07. The molecule has 1 amide bonds. The number of halogens is 1. The summed E-state index contributed by atoms with van der Waals surface area (Å²) in [5.41, 5.74) is 4.18. The molecule has 144 valence electrons. The van der Waals surface area contributed by atoms with Crippen molar-refractivity contribution in [3.05, 3.63) is 57.7 Å². The number of carbonyl (C=O) groups is 1. The average molecular weight is 501 g/mol. The Morgan fingerprint density at radius 3 is 2.56 bits per heavy atom. The normalized spacial score (nSPS) is 11.8. The van der Waals surface area contributed by atoms with Crippen LogP contribution >= 0.6 is 22.6 Å². The van der Waals surface area contributed by atoms with E-state index in [0.717, 1.165) is 19.7 Å². The Balaban J connectivity index is 2.19. The maximum Gasteiger partial charge on any atom is 0.260 e. The van der Waals surface area contributed by atoms with Gasteiger partial charge in [0.15, 0.2) is 0 Å². The third-order valence-corrected chi connectivity index (χ3v) is 5.43. The molecule has 0 unspecified atom stereocenters. The minimum atomic E-state index is -3.70. The molecule has 7 nitrogen and oxygen atoms in total. The third-order valence-electron chi connectivity index (χ3n) is 3.63. The first-order chi connectivity index (χ1) is 12.7. The van der Waals surface area contributed by atoms with Crippen molar-refractivity contribution in [3.8, 4) is 5.75 Å². The predicted octanol–water partition coefficient (Wildman–Crippen LogP) is 2.61. The molecule has 0 atom stereocenters. The highest BCUT2D eigenvalue weighted by Gasteiger charge is 2.23. The molecular weight excluding hydrogens is 481 g/mol. The molecule has 0 aromatic heterocycles. The molecule has 0 fully saturated rings. The molecule has 0 bridgehead atoms. The molecule has 2 aromatic carbocycles. The van der Waals surface area contributed by atoms with Crippen molar-refractivity contribution in [1.82, 2.24) is 5.43 Å². The predicted molar refractivity (Wildman–Crippen MR) is 115 cm³/mol. The van der Waals surface area contributed by atoms with E-state index < -0.39 is 22.5 Å². The summed E-state index contributed by atoms with van der Waals surface area (Å²) in [6.45, 7) is 1.35. The van der Waals surface area contributed by atoms with Gasteiger partial charge in [-0.3, -0.25) is 9.10 Å². The lowest BCUT2D eigenvalue weighted by molar-refractivity contribution is -0.119. The zero-order chi connectivity index (χ0) is 20.0. The van der Waals surface area contributed by atoms with Crippen LogP contribution in [-0.4, -0.2) is 39.9 Å². The fourth-order valence-corrected chi connectivity index (χ4v) is 3.71. The van der Waals surface area contributed by atoms with Crippen molar-refractivity contribution >= 4 is 49.9 Å². The molecule has 27 heavy (non-hydrogen) atoms. The lowest BCUT2D eigenvalue weighted by Crippen LogP contribution is -2.39. The van der Waals surface area contributed by atoms with E-state index in [9.17, 15) is 13.2 Å². The van der Waals surface area contributed by atoms with E-state index in [-0.39, 0.29) is 5.69 Å². The topological polar surface area (TPSA) is 88.1 Å². The second-order valence-corrected chi connectivity index (χ2v) is 8.84. The number of ether oxygens (including phenoxy) is 1. The van der Waals surface area contributed by atoms with Crippen LogP contribution in [0.25, 0.3) is 0 Å². The third kappa shape index (κ3) is 5.93. The first-order valence-corrected chi connectivity index (χ1v) is 10.8. The molecule has 9 heteroatoms. The van der Waals surface area contributed by atoms with E-state index in [0.29, 0.717) is 11.5 Å². The SMILES string of the molecule is COc1ccccc1N(CC(=O)N/N=C(/C)c1cccc(I)c1)S(C)(=O)=O. The number of para-hydroxylation sites is 2. The van der Waals surface area contributed by atoms with Crippen LogP contribution in [0.4, 0.5) is 5.69 Å². The lowest BCUT2D eigenvalue weighted by Gasteiger charge is -2.23. The second kappa shape index (κ2) is 9.18. The van der Waals surface area contributed by atoms with E-state index in [2.05, 4.69) is 33.1 Å². The van der Waals surface area contributed by atoms with Crippen molar-refractivity contribution in [2.45, 2.75) is 6.92 Å². The molecule has 0 aliphatic carbocycles.